The lowest BCUT2D eigenvalue weighted by molar-refractivity contribution is -0.122. The van der Waals surface area contributed by atoms with E-state index in [1.807, 2.05) is 36.1 Å². The van der Waals surface area contributed by atoms with Crippen molar-refractivity contribution in [3.8, 4) is 0 Å². The van der Waals surface area contributed by atoms with E-state index in [-0.39, 0.29) is 23.6 Å². The number of fused-ring (bicyclic) bond motifs is 1. The van der Waals surface area contributed by atoms with E-state index in [0.717, 1.165) is 42.9 Å². The Labute approximate surface area is 181 Å². The van der Waals surface area contributed by atoms with Gasteiger partial charge in [-0.25, -0.2) is 4.98 Å². The summed E-state index contributed by atoms with van der Waals surface area (Å²) in [5.41, 5.74) is 8.50. The number of carbonyl (C=O) groups excluding carboxylic acids is 3. The Kier molecular flexibility index (Phi) is 5.88. The van der Waals surface area contributed by atoms with Crippen LogP contribution in [0.15, 0.2) is 36.5 Å². The van der Waals surface area contributed by atoms with E-state index in [0.29, 0.717) is 30.8 Å². The quantitative estimate of drug-likeness (QED) is 0.770. The van der Waals surface area contributed by atoms with E-state index in [4.69, 9.17) is 5.73 Å². The fourth-order valence-electron chi connectivity index (χ4n) is 4.26. The van der Waals surface area contributed by atoms with Gasteiger partial charge in [0.25, 0.3) is 5.91 Å². The standard InChI is InChI=1S/C23H27N5O3/c1-2-21(29)28-11-9-15-12-16(5-7-19(15)28)23(31)26-18-6-8-20(25-13-18)27-10-3-4-17(14-27)22(24)30/h5-8,12-13,17H,2-4,9-11,14H2,1H3,(H2,24,30)(H,26,31). The van der Waals surface area contributed by atoms with E-state index in [1.165, 1.54) is 0 Å². The van der Waals surface area contributed by atoms with Gasteiger partial charge < -0.3 is 20.9 Å². The molecule has 1 unspecified atom stereocenters. The van der Waals surface area contributed by atoms with Crippen LogP contribution in [0.2, 0.25) is 0 Å². The summed E-state index contributed by atoms with van der Waals surface area (Å²) in [5, 5.41) is 2.88. The lowest BCUT2D eigenvalue weighted by Gasteiger charge is -2.32. The second-order valence-corrected chi connectivity index (χ2v) is 8.04. The third kappa shape index (κ3) is 4.38. The molecule has 1 aromatic heterocycles. The van der Waals surface area contributed by atoms with E-state index in [9.17, 15) is 14.4 Å². The molecule has 8 heteroatoms. The number of benzene rings is 1. The number of piperidine rings is 1. The number of nitrogens with two attached hydrogens (primary N) is 1. The number of aromatic nitrogens is 1. The predicted octanol–water partition coefficient (Wildman–Crippen LogP) is 2.33. The zero-order valence-corrected chi connectivity index (χ0v) is 17.6. The smallest absolute Gasteiger partial charge is 0.255 e. The number of anilines is 3. The molecule has 1 saturated heterocycles. The van der Waals surface area contributed by atoms with Gasteiger partial charge in [0.1, 0.15) is 5.82 Å². The molecule has 0 radical (unpaired) electrons. The van der Waals surface area contributed by atoms with Crippen molar-refractivity contribution in [2.45, 2.75) is 32.6 Å². The summed E-state index contributed by atoms with van der Waals surface area (Å²) in [6, 6.07) is 9.10. The van der Waals surface area contributed by atoms with Crippen LogP contribution in [0, 0.1) is 5.92 Å². The monoisotopic (exact) mass is 421 g/mol. The third-order valence-corrected chi connectivity index (χ3v) is 5.99. The summed E-state index contributed by atoms with van der Waals surface area (Å²) in [6.45, 7) is 3.91. The van der Waals surface area contributed by atoms with Crippen molar-refractivity contribution in [3.05, 3.63) is 47.7 Å². The van der Waals surface area contributed by atoms with Crippen LogP contribution in [0.4, 0.5) is 17.2 Å². The normalized spacial score (nSPS) is 17.9. The molecule has 0 bridgehead atoms. The highest BCUT2D eigenvalue weighted by Crippen LogP contribution is 2.30. The maximum absolute atomic E-state index is 12.7. The molecule has 3 N–H and O–H groups in total. The fourth-order valence-corrected chi connectivity index (χ4v) is 4.26. The zero-order valence-electron chi connectivity index (χ0n) is 17.6. The van der Waals surface area contributed by atoms with Gasteiger partial charge in [-0.2, -0.15) is 0 Å². The van der Waals surface area contributed by atoms with Crippen LogP contribution in [0.1, 0.15) is 42.1 Å². The highest BCUT2D eigenvalue weighted by atomic mass is 16.2. The van der Waals surface area contributed by atoms with Gasteiger partial charge in [-0.1, -0.05) is 6.92 Å². The number of pyridine rings is 1. The zero-order chi connectivity index (χ0) is 22.0. The minimum atomic E-state index is -0.273. The van der Waals surface area contributed by atoms with Gasteiger partial charge in [0.2, 0.25) is 11.8 Å². The van der Waals surface area contributed by atoms with Crippen molar-refractivity contribution in [1.82, 2.24) is 4.98 Å². The lowest BCUT2D eigenvalue weighted by atomic mass is 9.97. The first-order chi connectivity index (χ1) is 15.0. The Morgan fingerprint density at radius 2 is 2.03 bits per heavy atom. The molecule has 3 heterocycles. The molecule has 1 fully saturated rings. The number of hydrogen-bond donors (Lipinski definition) is 2. The van der Waals surface area contributed by atoms with Crippen molar-refractivity contribution in [2.75, 3.05) is 34.8 Å². The topological polar surface area (TPSA) is 109 Å². The molecule has 3 amide bonds. The minimum Gasteiger partial charge on any atom is -0.369 e. The van der Waals surface area contributed by atoms with Gasteiger partial charge in [-0.05, 0) is 55.2 Å². The molecule has 0 aliphatic carbocycles. The Bertz CT molecular complexity index is 1000. The van der Waals surface area contributed by atoms with Crippen LogP contribution < -0.4 is 20.9 Å². The average molecular weight is 422 g/mol. The Morgan fingerprint density at radius 3 is 2.74 bits per heavy atom. The van der Waals surface area contributed by atoms with E-state index in [2.05, 4.69) is 10.3 Å². The van der Waals surface area contributed by atoms with Crippen molar-refractivity contribution in [2.24, 2.45) is 11.7 Å². The maximum Gasteiger partial charge on any atom is 0.255 e. The lowest BCUT2D eigenvalue weighted by Crippen LogP contribution is -2.41. The van der Waals surface area contributed by atoms with Crippen molar-refractivity contribution in [1.29, 1.82) is 0 Å². The summed E-state index contributed by atoms with van der Waals surface area (Å²) in [6.07, 6.45) is 4.54. The molecule has 0 saturated carbocycles. The molecule has 31 heavy (non-hydrogen) atoms. The van der Waals surface area contributed by atoms with Gasteiger partial charge in [0.05, 0.1) is 17.8 Å². The number of nitrogens with zero attached hydrogens (tertiary/aromatic N) is 3. The molecule has 1 atom stereocenters. The Balaban J connectivity index is 1.41. The van der Waals surface area contributed by atoms with Crippen LogP contribution in [-0.2, 0) is 16.0 Å². The van der Waals surface area contributed by atoms with Gasteiger partial charge >= 0.3 is 0 Å². The second kappa shape index (κ2) is 8.75. The first kappa shape index (κ1) is 20.8. The van der Waals surface area contributed by atoms with E-state index >= 15 is 0 Å². The summed E-state index contributed by atoms with van der Waals surface area (Å²) >= 11 is 0. The van der Waals surface area contributed by atoms with Gasteiger partial charge in [-0.15, -0.1) is 0 Å². The van der Waals surface area contributed by atoms with Crippen LogP contribution in [0.25, 0.3) is 0 Å². The van der Waals surface area contributed by atoms with Crippen molar-refractivity contribution < 1.29 is 14.4 Å². The minimum absolute atomic E-state index is 0.0953. The average Bonchev–Trinajstić information content (AvgIpc) is 3.22. The maximum atomic E-state index is 12.7. The van der Waals surface area contributed by atoms with Crippen LogP contribution in [0.5, 0.6) is 0 Å². The van der Waals surface area contributed by atoms with Crippen molar-refractivity contribution in [3.63, 3.8) is 0 Å². The van der Waals surface area contributed by atoms with Gasteiger partial charge in [-0.3, -0.25) is 14.4 Å². The Hall–Kier alpha value is -3.42. The number of nitrogens with one attached hydrogen (secondary N) is 1. The number of rotatable bonds is 5. The molecular weight excluding hydrogens is 394 g/mol. The van der Waals surface area contributed by atoms with E-state index in [1.54, 1.807) is 17.2 Å². The number of amides is 3. The molecule has 1 aromatic carbocycles. The molecule has 2 aliphatic heterocycles. The Morgan fingerprint density at radius 1 is 1.19 bits per heavy atom. The first-order valence-corrected chi connectivity index (χ1v) is 10.7. The van der Waals surface area contributed by atoms with Crippen LogP contribution >= 0.6 is 0 Å². The fraction of sp³-hybridized carbons (Fsp3) is 0.391. The first-order valence-electron chi connectivity index (χ1n) is 10.7. The highest BCUT2D eigenvalue weighted by Gasteiger charge is 2.26. The van der Waals surface area contributed by atoms with Gasteiger partial charge in [0, 0.05) is 37.3 Å². The van der Waals surface area contributed by atoms with Crippen LogP contribution in [-0.4, -0.2) is 42.3 Å². The largest absolute Gasteiger partial charge is 0.369 e. The third-order valence-electron chi connectivity index (χ3n) is 5.99. The number of primary amides is 1. The summed E-state index contributed by atoms with van der Waals surface area (Å²) in [4.78, 5) is 44.5. The SMILES string of the molecule is CCC(=O)N1CCc2cc(C(=O)Nc3ccc(N4CCCC(C(N)=O)C4)nc3)ccc21. The highest BCUT2D eigenvalue weighted by molar-refractivity contribution is 6.05. The summed E-state index contributed by atoms with van der Waals surface area (Å²) in [7, 11) is 0. The molecule has 2 aliphatic rings. The van der Waals surface area contributed by atoms with E-state index < -0.39 is 0 Å². The number of carbonyl (C=O) groups is 3. The molecule has 4 rings (SSSR count). The molecule has 162 valence electrons. The number of hydrogen-bond acceptors (Lipinski definition) is 5. The summed E-state index contributed by atoms with van der Waals surface area (Å²) < 4.78 is 0. The molecule has 0 spiro atoms. The summed E-state index contributed by atoms with van der Waals surface area (Å²) in [5.74, 6) is 0.216. The molecule has 8 nitrogen and oxygen atoms in total. The molecule has 2 aromatic rings. The van der Waals surface area contributed by atoms with Gasteiger partial charge in [0.15, 0.2) is 0 Å². The second-order valence-electron chi connectivity index (χ2n) is 8.04. The predicted molar refractivity (Wildman–Crippen MR) is 119 cm³/mol. The van der Waals surface area contributed by atoms with Crippen LogP contribution in [0.3, 0.4) is 0 Å². The molecular formula is C23H27N5O3. The van der Waals surface area contributed by atoms with Crippen molar-refractivity contribution >= 4 is 34.9 Å².